The number of benzene rings is 4. The Morgan fingerprint density at radius 2 is 1.68 bits per heavy atom. The summed E-state index contributed by atoms with van der Waals surface area (Å²) in [6.45, 7) is 0.199. The van der Waals surface area contributed by atoms with E-state index in [9.17, 15) is 18.0 Å². The number of pyridine rings is 1. The van der Waals surface area contributed by atoms with Crippen LogP contribution in [0.1, 0.15) is 16.7 Å². The van der Waals surface area contributed by atoms with Gasteiger partial charge in [0, 0.05) is 28.8 Å². The van der Waals surface area contributed by atoms with Crippen LogP contribution in [0.25, 0.3) is 39.2 Å². The molecule has 0 saturated carbocycles. The molecule has 5 rings (SSSR count). The van der Waals surface area contributed by atoms with Crippen LogP contribution in [-0.2, 0) is 22.3 Å². The molecule has 0 aliphatic heterocycles. The second-order valence-electron chi connectivity index (χ2n) is 9.14. The fourth-order valence-electron chi connectivity index (χ4n) is 4.49. The number of methoxy groups -OCH3 is 1. The summed E-state index contributed by atoms with van der Waals surface area (Å²) in [7, 11) is 1.31. The van der Waals surface area contributed by atoms with Crippen molar-refractivity contribution in [3.05, 3.63) is 125 Å². The highest BCUT2D eigenvalue weighted by molar-refractivity contribution is 6.32. The van der Waals surface area contributed by atoms with Gasteiger partial charge in [-0.1, -0.05) is 84.4 Å². The van der Waals surface area contributed by atoms with Gasteiger partial charge in [0.2, 0.25) is 0 Å². The molecule has 4 nitrogen and oxygen atoms in total. The van der Waals surface area contributed by atoms with Crippen LogP contribution >= 0.6 is 11.6 Å². The van der Waals surface area contributed by atoms with E-state index in [1.54, 1.807) is 30.3 Å². The Balaban J connectivity index is 1.53. The van der Waals surface area contributed by atoms with Crippen LogP contribution in [0.5, 0.6) is 5.75 Å². The number of halogens is 4. The minimum Gasteiger partial charge on any atom is -0.487 e. The van der Waals surface area contributed by atoms with Gasteiger partial charge in [-0.05, 0) is 46.5 Å². The molecule has 0 bridgehead atoms. The zero-order valence-corrected chi connectivity index (χ0v) is 22.5. The molecule has 206 valence electrons. The molecule has 1 heterocycles. The maximum atomic E-state index is 13.9. The van der Waals surface area contributed by atoms with Crippen molar-refractivity contribution >= 4 is 34.5 Å². The van der Waals surface area contributed by atoms with Crippen molar-refractivity contribution in [2.45, 2.75) is 12.8 Å². The van der Waals surface area contributed by atoms with Crippen molar-refractivity contribution in [3.8, 4) is 28.0 Å². The Bertz CT molecular complexity index is 1730. The van der Waals surface area contributed by atoms with Crippen LogP contribution in [-0.4, -0.2) is 18.1 Å². The van der Waals surface area contributed by atoms with E-state index in [1.165, 1.54) is 25.4 Å². The third-order valence-corrected chi connectivity index (χ3v) is 6.81. The van der Waals surface area contributed by atoms with Gasteiger partial charge in [0.05, 0.1) is 23.2 Å². The molecule has 0 atom stereocenters. The second kappa shape index (κ2) is 11.9. The summed E-state index contributed by atoms with van der Waals surface area (Å²) < 4.78 is 52.3. The van der Waals surface area contributed by atoms with Gasteiger partial charge in [-0.3, -0.25) is 4.98 Å². The molecule has 1 aromatic heterocycles. The van der Waals surface area contributed by atoms with Gasteiger partial charge in [-0.2, -0.15) is 13.2 Å². The molecule has 8 heteroatoms. The summed E-state index contributed by atoms with van der Waals surface area (Å²) >= 11 is 6.48. The molecule has 0 amide bonds. The van der Waals surface area contributed by atoms with Crippen LogP contribution in [0, 0.1) is 0 Å². The predicted molar refractivity (Wildman–Crippen MR) is 154 cm³/mol. The molecular weight excluding hydrogens is 551 g/mol. The zero-order chi connectivity index (χ0) is 29.0. The van der Waals surface area contributed by atoms with E-state index in [-0.39, 0.29) is 12.1 Å². The van der Waals surface area contributed by atoms with Gasteiger partial charge in [-0.15, -0.1) is 0 Å². The number of carbonyl (C=O) groups is 1. The molecule has 5 aromatic rings. The maximum Gasteiger partial charge on any atom is 0.418 e. The van der Waals surface area contributed by atoms with Gasteiger partial charge in [0.1, 0.15) is 12.4 Å². The van der Waals surface area contributed by atoms with E-state index < -0.39 is 17.7 Å². The van der Waals surface area contributed by atoms with Gasteiger partial charge < -0.3 is 9.47 Å². The van der Waals surface area contributed by atoms with Crippen molar-refractivity contribution in [3.63, 3.8) is 0 Å². The maximum absolute atomic E-state index is 13.9. The molecular formula is C33H23ClF3NO3. The predicted octanol–water partition coefficient (Wildman–Crippen LogP) is 9.01. The van der Waals surface area contributed by atoms with Gasteiger partial charge in [0.25, 0.3) is 0 Å². The highest BCUT2D eigenvalue weighted by Gasteiger charge is 2.33. The third-order valence-electron chi connectivity index (χ3n) is 6.49. The quantitative estimate of drug-likeness (QED) is 0.144. The first-order valence-corrected chi connectivity index (χ1v) is 12.9. The van der Waals surface area contributed by atoms with Crippen LogP contribution in [0.15, 0.2) is 103 Å². The molecule has 0 aliphatic carbocycles. The molecule has 0 fully saturated rings. The molecule has 0 spiro atoms. The number of esters is 1. The first-order valence-electron chi connectivity index (χ1n) is 12.6. The lowest BCUT2D eigenvalue weighted by molar-refractivity contribution is -0.136. The van der Waals surface area contributed by atoms with E-state index in [1.807, 2.05) is 54.6 Å². The van der Waals surface area contributed by atoms with Gasteiger partial charge in [-0.25, -0.2) is 4.79 Å². The number of hydrogen-bond acceptors (Lipinski definition) is 4. The van der Waals surface area contributed by atoms with E-state index in [2.05, 4.69) is 9.72 Å². The van der Waals surface area contributed by atoms with Gasteiger partial charge in [0.15, 0.2) is 0 Å². The largest absolute Gasteiger partial charge is 0.487 e. The molecule has 0 aliphatic rings. The standard InChI is InChI=1S/C33H23ClF3NO3/c1-40-30(39)17-14-21-10-12-22(13-11-21)20-41-29-18-24(15-16-28(29)34)31-25-8-5-9-27(33(35,36)37)32(25)38-19-26(31)23-6-3-2-4-7-23/h2-19H,20H2,1H3/b17-14+. The lowest BCUT2D eigenvalue weighted by Gasteiger charge is -2.17. The van der Waals surface area contributed by atoms with E-state index in [4.69, 9.17) is 16.3 Å². The molecule has 0 radical (unpaired) electrons. The summed E-state index contributed by atoms with van der Waals surface area (Å²) in [6, 6.07) is 26.0. The van der Waals surface area contributed by atoms with Crippen LogP contribution in [0.3, 0.4) is 0 Å². The Hall–Kier alpha value is -4.62. The number of alkyl halides is 3. The number of para-hydroxylation sites is 1. The molecule has 0 saturated heterocycles. The topological polar surface area (TPSA) is 48.4 Å². The normalized spacial score (nSPS) is 11.6. The first kappa shape index (κ1) is 27.9. The van der Waals surface area contributed by atoms with Crippen LogP contribution in [0.4, 0.5) is 13.2 Å². The fraction of sp³-hybridized carbons (Fsp3) is 0.0909. The average Bonchev–Trinajstić information content (AvgIpc) is 2.99. The van der Waals surface area contributed by atoms with E-state index in [0.29, 0.717) is 32.8 Å². The minimum atomic E-state index is -4.56. The van der Waals surface area contributed by atoms with Crippen molar-refractivity contribution in [2.24, 2.45) is 0 Å². The molecule has 0 unspecified atom stereocenters. The van der Waals surface area contributed by atoms with E-state index in [0.717, 1.165) is 22.8 Å². The van der Waals surface area contributed by atoms with E-state index >= 15 is 0 Å². The second-order valence-corrected chi connectivity index (χ2v) is 9.55. The molecule has 4 aromatic carbocycles. The summed E-state index contributed by atoms with van der Waals surface area (Å²) in [5.74, 6) is -0.0614. The summed E-state index contributed by atoms with van der Waals surface area (Å²) in [5, 5.41) is 0.729. The highest BCUT2D eigenvalue weighted by Crippen LogP contribution is 2.43. The zero-order valence-electron chi connectivity index (χ0n) is 21.8. The smallest absolute Gasteiger partial charge is 0.418 e. The lowest BCUT2D eigenvalue weighted by atomic mass is 9.91. The Labute approximate surface area is 239 Å². The van der Waals surface area contributed by atoms with Gasteiger partial charge >= 0.3 is 12.1 Å². The summed E-state index contributed by atoms with van der Waals surface area (Å²) in [6.07, 6.45) is -0.101. The first-order chi connectivity index (χ1) is 19.7. The summed E-state index contributed by atoms with van der Waals surface area (Å²) in [4.78, 5) is 15.6. The molecule has 0 N–H and O–H groups in total. The number of fused-ring (bicyclic) bond motifs is 1. The van der Waals surface area contributed by atoms with Crippen LogP contribution in [0.2, 0.25) is 5.02 Å². The number of hydrogen-bond donors (Lipinski definition) is 0. The molecule has 41 heavy (non-hydrogen) atoms. The fourth-order valence-corrected chi connectivity index (χ4v) is 4.66. The number of rotatable bonds is 7. The SMILES string of the molecule is COC(=O)/C=C/c1ccc(COc2cc(-c3c(-c4ccccc4)cnc4c(C(F)(F)F)cccc34)ccc2Cl)cc1. The van der Waals surface area contributed by atoms with Crippen molar-refractivity contribution in [2.75, 3.05) is 7.11 Å². The lowest BCUT2D eigenvalue weighted by Crippen LogP contribution is -2.07. The Morgan fingerprint density at radius 1 is 0.927 bits per heavy atom. The average molecular weight is 574 g/mol. The Kier molecular flexibility index (Phi) is 8.08. The number of nitrogens with zero attached hydrogens (tertiary/aromatic N) is 1. The van der Waals surface area contributed by atoms with Crippen molar-refractivity contribution in [1.82, 2.24) is 4.98 Å². The van der Waals surface area contributed by atoms with Crippen LogP contribution < -0.4 is 4.74 Å². The third kappa shape index (κ3) is 6.26. The minimum absolute atomic E-state index is 0.131. The van der Waals surface area contributed by atoms with Crippen molar-refractivity contribution in [1.29, 1.82) is 0 Å². The monoisotopic (exact) mass is 573 g/mol. The Morgan fingerprint density at radius 3 is 2.39 bits per heavy atom. The number of aromatic nitrogens is 1. The summed E-state index contributed by atoms with van der Waals surface area (Å²) in [5.41, 5.74) is 3.47. The number of ether oxygens (including phenoxy) is 2. The highest BCUT2D eigenvalue weighted by atomic mass is 35.5. The number of carbonyl (C=O) groups excluding carboxylic acids is 1. The van der Waals surface area contributed by atoms with Crippen molar-refractivity contribution < 1.29 is 27.4 Å².